The summed E-state index contributed by atoms with van der Waals surface area (Å²) in [4.78, 5) is 11.5. The molecule has 1 amide bonds. The predicted molar refractivity (Wildman–Crippen MR) is 83.6 cm³/mol. The van der Waals surface area contributed by atoms with Crippen molar-refractivity contribution in [1.82, 2.24) is 15.6 Å². The van der Waals surface area contributed by atoms with Crippen LogP contribution in [0, 0.1) is 11.8 Å². The Hall–Kier alpha value is -2.84. The van der Waals surface area contributed by atoms with E-state index in [1.165, 1.54) is 6.07 Å². The average Bonchev–Trinajstić information content (AvgIpc) is 3.21. The standard InChI is InChI=1S/C16H14F3N5O/c17-16(18,19)12-5-8(14-10-6-11(10)15(25)24-23-14)1-2-13(12)20-7-9-3-4-21-22-9/h1-5,10-11,20H,6-7H2,(H,21,22)(H,24,25)/t10-,11+/m1/s1. The number of hydrogen-bond donors (Lipinski definition) is 3. The Morgan fingerprint density at radius 1 is 1.24 bits per heavy atom. The highest BCUT2D eigenvalue weighted by atomic mass is 19.4. The number of benzene rings is 1. The number of carbonyl (C=O) groups is 1. The monoisotopic (exact) mass is 349 g/mol. The normalized spacial score (nSPS) is 22.0. The zero-order valence-corrected chi connectivity index (χ0v) is 12.9. The van der Waals surface area contributed by atoms with Crippen molar-refractivity contribution in [2.75, 3.05) is 5.32 Å². The van der Waals surface area contributed by atoms with Gasteiger partial charge in [-0.2, -0.15) is 23.4 Å². The van der Waals surface area contributed by atoms with Crippen LogP contribution in [0.5, 0.6) is 0 Å². The smallest absolute Gasteiger partial charge is 0.379 e. The van der Waals surface area contributed by atoms with E-state index in [1.807, 2.05) is 0 Å². The summed E-state index contributed by atoms with van der Waals surface area (Å²) in [6, 6.07) is 5.74. The topological polar surface area (TPSA) is 82.2 Å². The van der Waals surface area contributed by atoms with Gasteiger partial charge in [-0.25, -0.2) is 5.43 Å². The number of hydrazone groups is 1. The van der Waals surface area contributed by atoms with E-state index in [0.717, 1.165) is 6.07 Å². The number of alkyl halides is 3. The van der Waals surface area contributed by atoms with Crippen molar-refractivity contribution < 1.29 is 18.0 Å². The molecule has 1 aliphatic heterocycles. The number of fused-ring (bicyclic) bond motifs is 1. The van der Waals surface area contributed by atoms with Crippen LogP contribution < -0.4 is 10.7 Å². The van der Waals surface area contributed by atoms with Crippen molar-refractivity contribution in [3.63, 3.8) is 0 Å². The fourth-order valence-electron chi connectivity index (χ4n) is 3.01. The first-order valence-corrected chi connectivity index (χ1v) is 7.75. The molecule has 0 saturated heterocycles. The number of carbonyl (C=O) groups excluding carboxylic acids is 1. The minimum atomic E-state index is -4.51. The van der Waals surface area contributed by atoms with Crippen LogP contribution >= 0.6 is 0 Å². The van der Waals surface area contributed by atoms with Crippen LogP contribution in [-0.2, 0) is 17.5 Å². The SMILES string of the molecule is O=C1NN=C(c2ccc(NCc3cc[nH]n3)c(C(F)(F)F)c2)[C@@H]2C[C@H]12. The fraction of sp³-hybridized carbons (Fsp3) is 0.312. The van der Waals surface area contributed by atoms with Crippen LogP contribution in [0.1, 0.15) is 23.2 Å². The van der Waals surface area contributed by atoms with E-state index in [2.05, 4.69) is 26.0 Å². The van der Waals surface area contributed by atoms with Crippen molar-refractivity contribution in [2.24, 2.45) is 16.9 Å². The van der Waals surface area contributed by atoms with Crippen molar-refractivity contribution in [2.45, 2.75) is 19.1 Å². The van der Waals surface area contributed by atoms with E-state index in [9.17, 15) is 18.0 Å². The molecule has 0 spiro atoms. The first-order chi connectivity index (χ1) is 11.9. The van der Waals surface area contributed by atoms with Gasteiger partial charge in [-0.3, -0.25) is 9.89 Å². The van der Waals surface area contributed by atoms with Crippen LogP contribution in [0.25, 0.3) is 0 Å². The molecule has 2 aromatic rings. The van der Waals surface area contributed by atoms with Gasteiger partial charge in [0.25, 0.3) is 0 Å². The van der Waals surface area contributed by atoms with Gasteiger partial charge in [0.2, 0.25) is 5.91 Å². The highest BCUT2D eigenvalue weighted by Gasteiger charge is 2.49. The molecule has 2 atom stereocenters. The van der Waals surface area contributed by atoms with Crippen LogP contribution in [-0.4, -0.2) is 21.8 Å². The molecule has 1 aliphatic carbocycles. The Labute approximate surface area is 140 Å². The van der Waals surface area contributed by atoms with Gasteiger partial charge in [-0.05, 0) is 30.2 Å². The molecule has 9 heteroatoms. The second-order valence-electron chi connectivity index (χ2n) is 6.10. The maximum atomic E-state index is 13.5. The van der Waals surface area contributed by atoms with Crippen molar-refractivity contribution in [3.05, 3.63) is 47.3 Å². The molecule has 25 heavy (non-hydrogen) atoms. The molecule has 3 N–H and O–H groups in total. The molecule has 1 aromatic carbocycles. The zero-order chi connectivity index (χ0) is 17.6. The molecule has 0 unspecified atom stereocenters. The number of nitrogens with zero attached hydrogens (tertiary/aromatic N) is 2. The van der Waals surface area contributed by atoms with Crippen molar-refractivity contribution in [3.8, 4) is 0 Å². The third kappa shape index (κ3) is 2.97. The lowest BCUT2D eigenvalue weighted by atomic mass is 10.00. The number of amides is 1. The molecular weight excluding hydrogens is 335 g/mol. The maximum Gasteiger partial charge on any atom is 0.418 e. The zero-order valence-electron chi connectivity index (χ0n) is 12.9. The van der Waals surface area contributed by atoms with E-state index in [4.69, 9.17) is 0 Å². The van der Waals surface area contributed by atoms with Crippen LogP contribution in [0.4, 0.5) is 18.9 Å². The van der Waals surface area contributed by atoms with Gasteiger partial charge in [0.1, 0.15) is 0 Å². The highest BCUT2D eigenvalue weighted by Crippen LogP contribution is 2.44. The first-order valence-electron chi connectivity index (χ1n) is 7.75. The molecule has 1 aromatic heterocycles. The molecule has 0 bridgehead atoms. The quantitative estimate of drug-likeness (QED) is 0.793. The largest absolute Gasteiger partial charge is 0.418 e. The minimum Gasteiger partial charge on any atom is -0.379 e. The van der Waals surface area contributed by atoms with E-state index >= 15 is 0 Å². The lowest BCUT2D eigenvalue weighted by Crippen LogP contribution is -2.29. The first kappa shape index (κ1) is 15.7. The fourth-order valence-corrected chi connectivity index (χ4v) is 3.01. The number of aromatic nitrogens is 2. The third-order valence-electron chi connectivity index (χ3n) is 4.40. The number of aromatic amines is 1. The molecule has 6 nitrogen and oxygen atoms in total. The number of hydrogen-bond acceptors (Lipinski definition) is 4. The van der Waals surface area contributed by atoms with Gasteiger partial charge in [0, 0.05) is 23.7 Å². The summed E-state index contributed by atoms with van der Waals surface area (Å²) in [6.07, 6.45) is -2.27. The lowest BCUT2D eigenvalue weighted by Gasteiger charge is -2.17. The van der Waals surface area contributed by atoms with Gasteiger partial charge in [0.15, 0.2) is 0 Å². The Morgan fingerprint density at radius 3 is 2.80 bits per heavy atom. The Morgan fingerprint density at radius 2 is 2.08 bits per heavy atom. The lowest BCUT2D eigenvalue weighted by molar-refractivity contribution is -0.137. The number of anilines is 1. The highest BCUT2D eigenvalue weighted by molar-refractivity contribution is 6.09. The summed E-state index contributed by atoms with van der Waals surface area (Å²) in [6.45, 7) is 0.174. The summed E-state index contributed by atoms with van der Waals surface area (Å²) in [5.74, 6) is -0.418. The van der Waals surface area contributed by atoms with E-state index in [1.54, 1.807) is 18.3 Å². The van der Waals surface area contributed by atoms with Gasteiger partial charge in [-0.15, -0.1) is 0 Å². The number of H-pyrrole nitrogens is 1. The van der Waals surface area contributed by atoms with Gasteiger partial charge in [0.05, 0.1) is 23.5 Å². The number of halogens is 3. The van der Waals surface area contributed by atoms with E-state index in [0.29, 0.717) is 23.4 Å². The van der Waals surface area contributed by atoms with E-state index in [-0.39, 0.29) is 30.0 Å². The van der Waals surface area contributed by atoms with Crippen LogP contribution in [0.3, 0.4) is 0 Å². The number of rotatable bonds is 4. The molecule has 0 radical (unpaired) electrons. The Kier molecular flexibility index (Phi) is 3.52. The van der Waals surface area contributed by atoms with Gasteiger partial charge >= 0.3 is 6.18 Å². The summed E-state index contributed by atoms with van der Waals surface area (Å²) in [5, 5.41) is 13.2. The third-order valence-corrected chi connectivity index (χ3v) is 4.40. The molecule has 4 rings (SSSR count). The molecule has 1 saturated carbocycles. The molecule has 2 heterocycles. The molecule has 2 aliphatic rings. The summed E-state index contributed by atoms with van der Waals surface area (Å²) >= 11 is 0. The molecule has 130 valence electrons. The van der Waals surface area contributed by atoms with Crippen molar-refractivity contribution in [1.29, 1.82) is 0 Å². The number of nitrogens with one attached hydrogen (secondary N) is 3. The van der Waals surface area contributed by atoms with Crippen LogP contribution in [0.15, 0.2) is 35.6 Å². The predicted octanol–water partition coefficient (Wildman–Crippen LogP) is 2.51. The average molecular weight is 349 g/mol. The summed E-state index contributed by atoms with van der Waals surface area (Å²) < 4.78 is 40.4. The Bertz CT molecular complexity index is 844. The van der Waals surface area contributed by atoms with Crippen molar-refractivity contribution >= 4 is 17.3 Å². The molecule has 1 fully saturated rings. The second kappa shape index (κ2) is 5.61. The van der Waals surface area contributed by atoms with Crippen LogP contribution in [0.2, 0.25) is 0 Å². The summed E-state index contributed by atoms with van der Waals surface area (Å²) in [5.41, 5.74) is 3.09. The van der Waals surface area contributed by atoms with Gasteiger partial charge < -0.3 is 5.32 Å². The Balaban J connectivity index is 1.63. The van der Waals surface area contributed by atoms with Gasteiger partial charge in [-0.1, -0.05) is 6.07 Å². The minimum absolute atomic E-state index is 0.0213. The maximum absolute atomic E-state index is 13.5. The summed E-state index contributed by atoms with van der Waals surface area (Å²) in [7, 11) is 0. The second-order valence-corrected chi connectivity index (χ2v) is 6.10. The molecular formula is C16H14F3N5O. The van der Waals surface area contributed by atoms with E-state index < -0.39 is 11.7 Å².